The first-order valence-electron chi connectivity index (χ1n) is 7.00. The Labute approximate surface area is 135 Å². The number of likely N-dealkylation sites (tertiary alicyclic amines) is 1. The summed E-state index contributed by atoms with van der Waals surface area (Å²) < 4.78 is 1.99. The van der Waals surface area contributed by atoms with E-state index in [1.165, 1.54) is 29.0 Å². The minimum Gasteiger partial charge on any atom is -0.375 e. The Morgan fingerprint density at radius 3 is 2.76 bits per heavy atom. The van der Waals surface area contributed by atoms with Crippen LogP contribution in [0, 0.1) is 13.8 Å². The van der Waals surface area contributed by atoms with E-state index in [-0.39, 0.29) is 12.4 Å². The van der Waals surface area contributed by atoms with E-state index < -0.39 is 0 Å². The Hall–Kier alpha value is -1.11. The van der Waals surface area contributed by atoms with Crippen molar-refractivity contribution in [2.45, 2.75) is 39.3 Å². The summed E-state index contributed by atoms with van der Waals surface area (Å²) in [6.45, 7) is 6.35. The van der Waals surface area contributed by atoms with Gasteiger partial charge in [-0.3, -0.25) is 9.58 Å². The molecule has 21 heavy (non-hydrogen) atoms. The normalized spacial score (nSPS) is 18.9. The summed E-state index contributed by atoms with van der Waals surface area (Å²) in [6.07, 6.45) is 4.35. The lowest BCUT2D eigenvalue weighted by Crippen LogP contribution is -2.23. The number of anilines is 1. The molecule has 0 spiro atoms. The summed E-state index contributed by atoms with van der Waals surface area (Å²) in [7, 11) is 2.02. The molecule has 0 saturated carbocycles. The predicted molar refractivity (Wildman–Crippen MR) is 88.8 cm³/mol. The van der Waals surface area contributed by atoms with E-state index in [1.807, 2.05) is 17.9 Å². The minimum atomic E-state index is 0. The Morgan fingerprint density at radius 1 is 1.43 bits per heavy atom. The smallest absolute Gasteiger partial charge is 0.180 e. The van der Waals surface area contributed by atoms with Crippen molar-refractivity contribution in [1.82, 2.24) is 19.7 Å². The maximum Gasteiger partial charge on any atom is 0.180 e. The molecule has 3 heterocycles. The lowest BCUT2D eigenvalue weighted by Gasteiger charge is -2.24. The van der Waals surface area contributed by atoms with Crippen molar-refractivity contribution in [3.63, 3.8) is 0 Å². The second-order valence-corrected chi connectivity index (χ2v) is 6.65. The van der Waals surface area contributed by atoms with Gasteiger partial charge in [-0.05, 0) is 33.2 Å². The van der Waals surface area contributed by atoms with E-state index in [2.05, 4.69) is 28.8 Å². The first kappa shape index (κ1) is 16.3. The topological polar surface area (TPSA) is 60.0 Å². The van der Waals surface area contributed by atoms with Crippen LogP contribution >= 0.6 is 23.7 Å². The zero-order valence-corrected chi connectivity index (χ0v) is 14.3. The predicted octanol–water partition coefficient (Wildman–Crippen LogP) is 2.83. The second kappa shape index (κ2) is 6.34. The van der Waals surface area contributed by atoms with Crippen molar-refractivity contribution in [1.29, 1.82) is 0 Å². The highest BCUT2D eigenvalue weighted by Gasteiger charge is 2.30. The van der Waals surface area contributed by atoms with Crippen LogP contribution < -0.4 is 5.73 Å². The van der Waals surface area contributed by atoms with Crippen molar-refractivity contribution in [3.05, 3.63) is 28.0 Å². The summed E-state index contributed by atoms with van der Waals surface area (Å²) in [4.78, 5) is 7.92. The van der Waals surface area contributed by atoms with Crippen molar-refractivity contribution in [2.24, 2.45) is 7.05 Å². The number of nitrogen functional groups attached to an aromatic ring is 1. The van der Waals surface area contributed by atoms with Crippen LogP contribution in [-0.2, 0) is 13.6 Å². The SMILES string of the molecule is Cc1nn(C)c(C)c1C1CCCN1Cc1cnc(N)s1.Cl. The largest absolute Gasteiger partial charge is 0.375 e. The van der Waals surface area contributed by atoms with Crippen molar-refractivity contribution < 1.29 is 0 Å². The first-order valence-corrected chi connectivity index (χ1v) is 7.82. The van der Waals surface area contributed by atoms with Crippen LogP contribution in [-0.4, -0.2) is 26.2 Å². The van der Waals surface area contributed by atoms with Crippen molar-refractivity contribution in [3.8, 4) is 0 Å². The quantitative estimate of drug-likeness (QED) is 0.941. The van der Waals surface area contributed by atoms with Crippen LogP contribution in [0.2, 0.25) is 0 Å². The van der Waals surface area contributed by atoms with Gasteiger partial charge < -0.3 is 5.73 Å². The van der Waals surface area contributed by atoms with Gasteiger partial charge >= 0.3 is 0 Å². The van der Waals surface area contributed by atoms with Gasteiger partial charge in [-0.15, -0.1) is 23.7 Å². The molecule has 3 rings (SSSR count). The van der Waals surface area contributed by atoms with E-state index in [9.17, 15) is 0 Å². The zero-order valence-electron chi connectivity index (χ0n) is 12.7. The Bertz CT molecular complexity index is 621. The van der Waals surface area contributed by atoms with Gasteiger partial charge in [0.1, 0.15) is 0 Å². The molecule has 0 aliphatic carbocycles. The molecule has 1 unspecified atom stereocenters. The van der Waals surface area contributed by atoms with Crippen molar-refractivity contribution in [2.75, 3.05) is 12.3 Å². The average molecular weight is 328 g/mol. The lowest BCUT2D eigenvalue weighted by atomic mass is 10.0. The van der Waals surface area contributed by atoms with Gasteiger partial charge in [-0.1, -0.05) is 0 Å². The molecule has 2 N–H and O–H groups in total. The summed E-state index contributed by atoms with van der Waals surface area (Å²) in [5.74, 6) is 0. The molecule has 0 aromatic carbocycles. The molecule has 1 fully saturated rings. The highest BCUT2D eigenvalue weighted by Crippen LogP contribution is 2.36. The van der Waals surface area contributed by atoms with Crippen LogP contribution in [0.15, 0.2) is 6.20 Å². The fourth-order valence-corrected chi connectivity index (χ4v) is 3.92. The molecule has 1 aliphatic heterocycles. The van der Waals surface area contributed by atoms with E-state index in [0.717, 1.165) is 18.8 Å². The third kappa shape index (κ3) is 3.07. The number of hydrogen-bond donors (Lipinski definition) is 1. The first-order chi connectivity index (χ1) is 9.56. The van der Waals surface area contributed by atoms with E-state index in [0.29, 0.717) is 11.2 Å². The van der Waals surface area contributed by atoms with Gasteiger partial charge in [-0.2, -0.15) is 5.10 Å². The molecule has 2 aromatic rings. The molecule has 0 bridgehead atoms. The molecule has 1 saturated heterocycles. The molecule has 116 valence electrons. The number of rotatable bonds is 3. The highest BCUT2D eigenvalue weighted by molar-refractivity contribution is 7.15. The standard InChI is InChI=1S/C14H21N5S.ClH/c1-9-13(10(2)18(3)17-9)12-5-4-6-19(12)8-11-7-16-14(15)20-11;/h7,12H,4-6,8H2,1-3H3,(H2,15,16);1H. The van der Waals surface area contributed by atoms with Crippen LogP contribution in [0.1, 0.15) is 40.7 Å². The number of thiazole rings is 1. The molecule has 0 radical (unpaired) electrons. The van der Waals surface area contributed by atoms with E-state index in [1.54, 1.807) is 11.3 Å². The molecule has 1 atom stereocenters. The average Bonchev–Trinajstić information content (AvgIpc) is 3.05. The Balaban J connectivity index is 0.00000161. The van der Waals surface area contributed by atoms with Gasteiger partial charge in [0.2, 0.25) is 0 Å². The third-order valence-electron chi connectivity index (χ3n) is 4.19. The van der Waals surface area contributed by atoms with Gasteiger partial charge in [0, 0.05) is 42.0 Å². The summed E-state index contributed by atoms with van der Waals surface area (Å²) in [5, 5.41) is 5.22. The number of nitrogens with zero attached hydrogens (tertiary/aromatic N) is 4. The molecular weight excluding hydrogens is 306 g/mol. The number of hydrogen-bond acceptors (Lipinski definition) is 5. The van der Waals surface area contributed by atoms with Gasteiger partial charge in [0.05, 0.1) is 5.69 Å². The zero-order chi connectivity index (χ0) is 14.3. The number of aryl methyl sites for hydroxylation is 2. The number of aromatic nitrogens is 3. The van der Waals surface area contributed by atoms with E-state index in [4.69, 9.17) is 5.73 Å². The molecule has 0 amide bonds. The summed E-state index contributed by atoms with van der Waals surface area (Å²) in [5.41, 5.74) is 9.57. The number of nitrogens with two attached hydrogens (primary N) is 1. The number of halogens is 1. The molecule has 2 aromatic heterocycles. The maximum atomic E-state index is 5.73. The fourth-order valence-electron chi connectivity index (χ4n) is 3.21. The van der Waals surface area contributed by atoms with Gasteiger partial charge in [0.15, 0.2) is 5.13 Å². The fraction of sp³-hybridized carbons (Fsp3) is 0.571. The van der Waals surface area contributed by atoms with E-state index >= 15 is 0 Å². The third-order valence-corrected chi connectivity index (χ3v) is 5.00. The molecule has 1 aliphatic rings. The van der Waals surface area contributed by atoms with Crippen molar-refractivity contribution >= 4 is 28.9 Å². The molecule has 5 nitrogen and oxygen atoms in total. The van der Waals surface area contributed by atoms with Gasteiger partial charge in [-0.25, -0.2) is 4.98 Å². The highest BCUT2D eigenvalue weighted by atomic mass is 35.5. The van der Waals surface area contributed by atoms with Crippen LogP contribution in [0.5, 0.6) is 0 Å². The van der Waals surface area contributed by atoms with Crippen LogP contribution in [0.4, 0.5) is 5.13 Å². The second-order valence-electron chi connectivity index (χ2n) is 5.50. The monoisotopic (exact) mass is 327 g/mol. The maximum absolute atomic E-state index is 5.73. The molecule has 7 heteroatoms. The van der Waals surface area contributed by atoms with Crippen LogP contribution in [0.25, 0.3) is 0 Å². The summed E-state index contributed by atoms with van der Waals surface area (Å²) in [6, 6.07) is 0.479. The lowest BCUT2D eigenvalue weighted by molar-refractivity contribution is 0.249. The van der Waals surface area contributed by atoms with Crippen LogP contribution in [0.3, 0.4) is 0 Å². The Morgan fingerprint density at radius 2 is 2.19 bits per heavy atom. The molecular formula is C14H22ClN5S. The Kier molecular flexibility index (Phi) is 4.91. The summed E-state index contributed by atoms with van der Waals surface area (Å²) >= 11 is 1.59. The minimum absolute atomic E-state index is 0. The van der Waals surface area contributed by atoms with Gasteiger partial charge in [0.25, 0.3) is 0 Å².